The molecule has 0 N–H and O–H groups in total. The van der Waals surface area contributed by atoms with E-state index in [4.69, 9.17) is 0 Å². The van der Waals surface area contributed by atoms with Gasteiger partial charge in [0.25, 0.3) is 5.78 Å². The first kappa shape index (κ1) is 9.12. The number of esters is 1. The average molecular weight is 178 g/mol. The minimum atomic E-state index is -1.17. The molecule has 0 spiro atoms. The van der Waals surface area contributed by atoms with E-state index in [2.05, 4.69) is 4.74 Å². The highest BCUT2D eigenvalue weighted by molar-refractivity contribution is 6.41. The molecule has 0 heterocycles. The molecule has 0 aliphatic carbocycles. The van der Waals surface area contributed by atoms with Crippen molar-refractivity contribution in [2.75, 3.05) is 0 Å². The van der Waals surface area contributed by atoms with Crippen LogP contribution in [0.4, 0.5) is 0 Å². The molecule has 4 nitrogen and oxygen atoms in total. The lowest BCUT2D eigenvalue weighted by Crippen LogP contribution is -2.16. The Hall–Kier alpha value is -1.97. The van der Waals surface area contributed by atoms with Crippen molar-refractivity contribution in [2.24, 2.45) is 0 Å². The Morgan fingerprint density at radius 1 is 1.15 bits per heavy atom. The topological polar surface area (TPSA) is 60.4 Å². The van der Waals surface area contributed by atoms with E-state index in [1.165, 1.54) is 12.1 Å². The number of carbonyl (C=O) groups excluding carboxylic acids is 3. The summed E-state index contributed by atoms with van der Waals surface area (Å²) in [5, 5.41) is 0. The number of Topliss-reactive ketones (excluding diaryl/α,β-unsaturated/α-hetero) is 1. The quantitative estimate of drug-likeness (QED) is 0.223. The van der Waals surface area contributed by atoms with E-state index in [-0.39, 0.29) is 12.0 Å². The van der Waals surface area contributed by atoms with Crippen LogP contribution < -0.4 is 0 Å². The monoisotopic (exact) mass is 178 g/mol. The number of carbonyl (C=O) groups is 3. The van der Waals surface area contributed by atoms with Gasteiger partial charge in [0.05, 0.1) is 0 Å². The third kappa shape index (κ3) is 2.23. The second-order valence-electron chi connectivity index (χ2n) is 2.20. The van der Waals surface area contributed by atoms with Crippen LogP contribution in [-0.2, 0) is 14.3 Å². The van der Waals surface area contributed by atoms with Gasteiger partial charge in [0.15, 0.2) is 0 Å². The summed E-state index contributed by atoms with van der Waals surface area (Å²) in [6.45, 7) is -0.0663. The summed E-state index contributed by atoms with van der Waals surface area (Å²) in [5.74, 6) is -1.99. The minimum Gasteiger partial charge on any atom is -0.389 e. The largest absolute Gasteiger partial charge is 0.389 e. The summed E-state index contributed by atoms with van der Waals surface area (Å²) in [7, 11) is 0. The first-order chi connectivity index (χ1) is 6.25. The molecule has 0 saturated heterocycles. The molecule has 0 amide bonds. The van der Waals surface area contributed by atoms with Crippen LogP contribution >= 0.6 is 0 Å². The summed E-state index contributed by atoms with van der Waals surface area (Å²) in [6, 6.07) is 7.87. The van der Waals surface area contributed by atoms with Gasteiger partial charge in [0.2, 0.25) is 0 Å². The third-order valence-corrected chi connectivity index (χ3v) is 1.38. The average Bonchev–Trinajstić information content (AvgIpc) is 2.18. The Morgan fingerprint density at radius 2 is 1.77 bits per heavy atom. The summed E-state index contributed by atoms with van der Waals surface area (Å²) in [4.78, 5) is 31.6. The van der Waals surface area contributed by atoms with Gasteiger partial charge < -0.3 is 4.74 Å². The number of hydrogen-bond donors (Lipinski definition) is 0. The van der Waals surface area contributed by atoms with Gasteiger partial charge in [-0.3, -0.25) is 9.59 Å². The maximum atomic E-state index is 11.1. The van der Waals surface area contributed by atoms with Gasteiger partial charge in [-0.05, 0) is 0 Å². The van der Waals surface area contributed by atoms with Gasteiger partial charge >= 0.3 is 12.4 Å². The maximum absolute atomic E-state index is 11.1. The zero-order valence-electron chi connectivity index (χ0n) is 6.60. The van der Waals surface area contributed by atoms with Crippen LogP contribution in [0.2, 0.25) is 0 Å². The Bertz CT molecular complexity index is 329. The molecule has 0 saturated carbocycles. The molecule has 1 aromatic rings. The fourth-order valence-electron chi connectivity index (χ4n) is 0.805. The standard InChI is InChI=1S/C9H6O4/c10-6-13-9(12)8(11)7-4-2-1-3-5-7/h1-6H. The summed E-state index contributed by atoms with van der Waals surface area (Å²) >= 11 is 0. The van der Waals surface area contributed by atoms with Gasteiger partial charge in [-0.25, -0.2) is 4.79 Å². The molecule has 0 fully saturated rings. The van der Waals surface area contributed by atoms with Crippen LogP contribution in [0.1, 0.15) is 10.4 Å². The fraction of sp³-hybridized carbons (Fsp3) is 0. The molecule has 0 aromatic heterocycles. The molecule has 4 heteroatoms. The van der Waals surface area contributed by atoms with Crippen LogP contribution in [-0.4, -0.2) is 18.2 Å². The van der Waals surface area contributed by atoms with Crippen molar-refractivity contribution < 1.29 is 19.1 Å². The molecule has 13 heavy (non-hydrogen) atoms. The number of hydrogen-bond acceptors (Lipinski definition) is 4. The molecule has 0 radical (unpaired) electrons. The van der Waals surface area contributed by atoms with Gasteiger partial charge in [0.1, 0.15) is 0 Å². The van der Waals surface area contributed by atoms with Gasteiger partial charge in [0, 0.05) is 5.56 Å². The predicted molar refractivity (Wildman–Crippen MR) is 42.9 cm³/mol. The highest BCUT2D eigenvalue weighted by atomic mass is 16.6. The minimum absolute atomic E-state index is 0.0663. The van der Waals surface area contributed by atoms with Crippen molar-refractivity contribution in [3.8, 4) is 0 Å². The lowest BCUT2D eigenvalue weighted by Gasteiger charge is -1.95. The van der Waals surface area contributed by atoms with E-state index in [0.717, 1.165) is 0 Å². The summed E-state index contributed by atoms with van der Waals surface area (Å²) in [5.41, 5.74) is 0.203. The molecule has 1 aromatic carbocycles. The van der Waals surface area contributed by atoms with Gasteiger partial charge in [-0.15, -0.1) is 0 Å². The predicted octanol–water partition coefficient (Wildman–Crippen LogP) is 0.569. The van der Waals surface area contributed by atoms with Gasteiger partial charge in [-0.2, -0.15) is 0 Å². The van der Waals surface area contributed by atoms with E-state index < -0.39 is 11.8 Å². The Balaban J connectivity index is 2.80. The van der Waals surface area contributed by atoms with Crippen LogP contribution in [0.15, 0.2) is 30.3 Å². The molecule has 0 atom stereocenters. The number of benzene rings is 1. The zero-order valence-corrected chi connectivity index (χ0v) is 6.60. The summed E-state index contributed by atoms with van der Waals surface area (Å²) in [6.07, 6.45) is 0. The molecule has 0 aliphatic heterocycles. The summed E-state index contributed by atoms with van der Waals surface area (Å²) < 4.78 is 3.89. The van der Waals surface area contributed by atoms with E-state index in [9.17, 15) is 14.4 Å². The van der Waals surface area contributed by atoms with Crippen molar-refractivity contribution in [3.05, 3.63) is 35.9 Å². The molecular weight excluding hydrogens is 172 g/mol. The lowest BCUT2D eigenvalue weighted by atomic mass is 10.1. The Morgan fingerprint density at radius 3 is 2.31 bits per heavy atom. The van der Waals surface area contributed by atoms with Crippen molar-refractivity contribution in [2.45, 2.75) is 0 Å². The van der Waals surface area contributed by atoms with Crippen molar-refractivity contribution in [1.82, 2.24) is 0 Å². The normalized spacial score (nSPS) is 8.92. The number of rotatable bonds is 3. The second-order valence-corrected chi connectivity index (χ2v) is 2.20. The highest BCUT2D eigenvalue weighted by Gasteiger charge is 2.16. The number of ketones is 1. The molecule has 0 bridgehead atoms. The van der Waals surface area contributed by atoms with Crippen LogP contribution in [0.25, 0.3) is 0 Å². The van der Waals surface area contributed by atoms with E-state index in [1.54, 1.807) is 18.2 Å². The second kappa shape index (κ2) is 4.15. The first-order valence-corrected chi connectivity index (χ1v) is 3.49. The first-order valence-electron chi connectivity index (χ1n) is 3.49. The van der Waals surface area contributed by atoms with Crippen molar-refractivity contribution in [3.63, 3.8) is 0 Å². The van der Waals surface area contributed by atoms with Crippen molar-refractivity contribution >= 4 is 18.2 Å². The smallest absolute Gasteiger partial charge is 0.387 e. The van der Waals surface area contributed by atoms with E-state index in [0.29, 0.717) is 0 Å². The molecular formula is C9H6O4. The molecule has 1 rings (SSSR count). The van der Waals surface area contributed by atoms with E-state index in [1.807, 2.05) is 0 Å². The van der Waals surface area contributed by atoms with E-state index >= 15 is 0 Å². The Kier molecular flexibility index (Phi) is 2.92. The van der Waals surface area contributed by atoms with Crippen LogP contribution in [0, 0.1) is 0 Å². The Labute approximate surface area is 74.1 Å². The molecule has 0 aliphatic rings. The SMILES string of the molecule is O=COC(=O)C(=O)c1ccccc1. The van der Waals surface area contributed by atoms with Crippen molar-refractivity contribution in [1.29, 1.82) is 0 Å². The van der Waals surface area contributed by atoms with Gasteiger partial charge in [-0.1, -0.05) is 30.3 Å². The lowest BCUT2D eigenvalue weighted by molar-refractivity contribution is -0.147. The molecule has 66 valence electrons. The highest BCUT2D eigenvalue weighted by Crippen LogP contribution is 2.00. The van der Waals surface area contributed by atoms with Crippen LogP contribution in [0.3, 0.4) is 0 Å². The number of ether oxygens (including phenoxy) is 1. The van der Waals surface area contributed by atoms with Crippen LogP contribution in [0.5, 0.6) is 0 Å². The zero-order chi connectivity index (χ0) is 9.68. The maximum Gasteiger partial charge on any atom is 0.387 e. The molecule has 0 unspecified atom stereocenters. The third-order valence-electron chi connectivity index (χ3n) is 1.38. The fourth-order valence-corrected chi connectivity index (χ4v) is 0.805.